The minimum absolute atomic E-state index is 0.678. The Balaban J connectivity index is 1.78. The molecular weight excluding hydrogens is 260 g/mol. The number of piperidine rings is 1. The van der Waals surface area contributed by atoms with Crippen molar-refractivity contribution in [1.82, 2.24) is 10.2 Å². The molecular formula is C15H21ClN2O. The summed E-state index contributed by atoms with van der Waals surface area (Å²) in [7, 11) is 1.73. The zero-order valence-corrected chi connectivity index (χ0v) is 12.1. The molecule has 0 amide bonds. The van der Waals surface area contributed by atoms with Crippen LogP contribution >= 0.6 is 11.6 Å². The summed E-state index contributed by atoms with van der Waals surface area (Å²) in [5.74, 6) is 1.76. The van der Waals surface area contributed by atoms with Crippen LogP contribution < -0.4 is 10.1 Å². The molecule has 2 aliphatic heterocycles. The minimum Gasteiger partial charge on any atom is -0.496 e. The van der Waals surface area contributed by atoms with Crippen molar-refractivity contribution in [3.63, 3.8) is 0 Å². The number of hydrogen-bond donors (Lipinski definition) is 1. The third-order valence-electron chi connectivity index (χ3n) is 4.41. The number of nitrogens with zero attached hydrogens (tertiary/aromatic N) is 1. The fourth-order valence-electron chi connectivity index (χ4n) is 3.45. The predicted molar refractivity (Wildman–Crippen MR) is 77.8 cm³/mol. The van der Waals surface area contributed by atoms with E-state index in [1.807, 2.05) is 18.2 Å². The van der Waals surface area contributed by atoms with Crippen molar-refractivity contribution >= 4 is 11.6 Å². The standard InChI is InChI=1S/C15H21ClN2O/c1-19-15-5-4-13(16)7-12(15)10-18-6-2-3-11-8-17-9-14(11)18/h4-5,7,11,14,17H,2-3,6,8-10H2,1H3. The van der Waals surface area contributed by atoms with Gasteiger partial charge >= 0.3 is 0 Å². The molecule has 0 bridgehead atoms. The summed E-state index contributed by atoms with van der Waals surface area (Å²) in [5, 5.41) is 4.31. The Bertz CT molecular complexity index is 452. The van der Waals surface area contributed by atoms with Crippen molar-refractivity contribution in [3.8, 4) is 5.75 Å². The second kappa shape index (κ2) is 5.70. The second-order valence-electron chi connectivity index (χ2n) is 5.55. The van der Waals surface area contributed by atoms with Crippen LogP contribution in [0, 0.1) is 5.92 Å². The highest BCUT2D eigenvalue weighted by molar-refractivity contribution is 6.30. The van der Waals surface area contributed by atoms with Gasteiger partial charge in [0.25, 0.3) is 0 Å². The van der Waals surface area contributed by atoms with Crippen LogP contribution in [0.3, 0.4) is 0 Å². The Morgan fingerprint density at radius 1 is 1.42 bits per heavy atom. The lowest BCUT2D eigenvalue weighted by molar-refractivity contribution is 0.116. The highest BCUT2D eigenvalue weighted by Crippen LogP contribution is 2.30. The Hall–Kier alpha value is -0.770. The molecule has 3 rings (SSSR count). The van der Waals surface area contributed by atoms with E-state index in [1.54, 1.807) is 7.11 Å². The molecule has 2 saturated heterocycles. The second-order valence-corrected chi connectivity index (χ2v) is 5.99. The molecule has 2 atom stereocenters. The lowest BCUT2D eigenvalue weighted by Gasteiger charge is -2.37. The molecule has 3 nitrogen and oxygen atoms in total. The first-order valence-corrected chi connectivity index (χ1v) is 7.43. The molecule has 104 valence electrons. The van der Waals surface area contributed by atoms with Gasteiger partial charge in [-0.3, -0.25) is 4.90 Å². The Kier molecular flexibility index (Phi) is 3.96. The number of nitrogens with one attached hydrogen (secondary N) is 1. The molecule has 2 aliphatic rings. The summed E-state index contributed by atoms with van der Waals surface area (Å²) in [6.07, 6.45) is 2.66. The summed E-state index contributed by atoms with van der Waals surface area (Å²) >= 11 is 6.12. The van der Waals surface area contributed by atoms with E-state index in [0.29, 0.717) is 6.04 Å². The molecule has 0 spiro atoms. The van der Waals surface area contributed by atoms with E-state index < -0.39 is 0 Å². The minimum atomic E-state index is 0.678. The largest absolute Gasteiger partial charge is 0.496 e. The van der Waals surface area contributed by atoms with Crippen LogP contribution in [0.25, 0.3) is 0 Å². The molecule has 0 aromatic heterocycles. The highest BCUT2D eigenvalue weighted by Gasteiger charge is 2.34. The smallest absolute Gasteiger partial charge is 0.123 e. The number of halogens is 1. The monoisotopic (exact) mass is 280 g/mol. The van der Waals surface area contributed by atoms with E-state index in [9.17, 15) is 0 Å². The Labute approximate surface area is 119 Å². The zero-order chi connectivity index (χ0) is 13.2. The summed E-state index contributed by atoms with van der Waals surface area (Å²) in [6, 6.07) is 6.57. The fourth-order valence-corrected chi connectivity index (χ4v) is 3.64. The molecule has 4 heteroatoms. The average molecular weight is 281 g/mol. The van der Waals surface area contributed by atoms with E-state index in [-0.39, 0.29) is 0 Å². The van der Waals surface area contributed by atoms with Gasteiger partial charge in [-0.1, -0.05) is 11.6 Å². The molecule has 0 radical (unpaired) electrons. The number of methoxy groups -OCH3 is 1. The van der Waals surface area contributed by atoms with Crippen LogP contribution in [0.1, 0.15) is 18.4 Å². The summed E-state index contributed by atoms with van der Waals surface area (Å²) < 4.78 is 5.45. The molecule has 0 saturated carbocycles. The summed E-state index contributed by atoms with van der Waals surface area (Å²) in [6.45, 7) is 4.41. The molecule has 1 aromatic carbocycles. The van der Waals surface area contributed by atoms with Gasteiger partial charge in [0.05, 0.1) is 7.11 Å². The normalized spacial score (nSPS) is 27.3. The van der Waals surface area contributed by atoms with Gasteiger partial charge in [-0.15, -0.1) is 0 Å². The molecule has 2 fully saturated rings. The average Bonchev–Trinajstić information content (AvgIpc) is 2.88. The first kappa shape index (κ1) is 13.2. The van der Waals surface area contributed by atoms with Gasteiger partial charge in [0.1, 0.15) is 5.75 Å². The third-order valence-corrected chi connectivity index (χ3v) is 4.64. The van der Waals surface area contributed by atoms with E-state index in [2.05, 4.69) is 10.2 Å². The maximum atomic E-state index is 6.12. The quantitative estimate of drug-likeness (QED) is 0.921. The molecule has 1 aromatic rings. The van der Waals surface area contributed by atoms with Crippen LogP contribution in [0.4, 0.5) is 0 Å². The molecule has 2 heterocycles. The maximum Gasteiger partial charge on any atom is 0.123 e. The Morgan fingerprint density at radius 3 is 3.16 bits per heavy atom. The molecule has 2 unspecified atom stereocenters. The van der Waals surface area contributed by atoms with Crippen molar-refractivity contribution in [1.29, 1.82) is 0 Å². The number of benzene rings is 1. The SMILES string of the molecule is COc1ccc(Cl)cc1CN1CCCC2CNCC21. The van der Waals surface area contributed by atoms with Crippen molar-refractivity contribution in [2.24, 2.45) is 5.92 Å². The van der Waals surface area contributed by atoms with Gasteiger partial charge in [-0.05, 0) is 50.0 Å². The molecule has 0 aliphatic carbocycles. The van der Waals surface area contributed by atoms with Crippen LogP contribution in [0.2, 0.25) is 5.02 Å². The molecule has 1 N–H and O–H groups in total. The van der Waals surface area contributed by atoms with Gasteiger partial charge in [-0.25, -0.2) is 0 Å². The van der Waals surface area contributed by atoms with Crippen LogP contribution in [-0.2, 0) is 6.54 Å². The van der Waals surface area contributed by atoms with Crippen molar-refractivity contribution in [2.45, 2.75) is 25.4 Å². The van der Waals surface area contributed by atoms with E-state index in [0.717, 1.165) is 29.8 Å². The topological polar surface area (TPSA) is 24.5 Å². The Morgan fingerprint density at radius 2 is 2.32 bits per heavy atom. The maximum absolute atomic E-state index is 6.12. The van der Waals surface area contributed by atoms with Crippen LogP contribution in [0.15, 0.2) is 18.2 Å². The fraction of sp³-hybridized carbons (Fsp3) is 0.600. The van der Waals surface area contributed by atoms with Crippen molar-refractivity contribution < 1.29 is 4.74 Å². The zero-order valence-electron chi connectivity index (χ0n) is 11.4. The first-order valence-electron chi connectivity index (χ1n) is 7.05. The number of fused-ring (bicyclic) bond motifs is 1. The van der Waals surface area contributed by atoms with E-state index in [4.69, 9.17) is 16.3 Å². The lowest BCUT2D eigenvalue weighted by Crippen LogP contribution is -2.44. The van der Waals surface area contributed by atoms with Crippen molar-refractivity contribution in [3.05, 3.63) is 28.8 Å². The van der Waals surface area contributed by atoms with Gasteiger partial charge in [0.2, 0.25) is 0 Å². The van der Waals surface area contributed by atoms with Crippen LogP contribution in [0.5, 0.6) is 5.75 Å². The van der Waals surface area contributed by atoms with Gasteiger partial charge < -0.3 is 10.1 Å². The van der Waals surface area contributed by atoms with Gasteiger partial charge in [0.15, 0.2) is 0 Å². The van der Waals surface area contributed by atoms with Crippen LogP contribution in [-0.4, -0.2) is 37.7 Å². The number of likely N-dealkylation sites (tertiary alicyclic amines) is 1. The predicted octanol–water partition coefficient (Wildman–Crippen LogP) is 2.53. The van der Waals surface area contributed by atoms with Crippen molar-refractivity contribution in [2.75, 3.05) is 26.7 Å². The van der Waals surface area contributed by atoms with E-state index in [1.165, 1.54) is 31.5 Å². The first-order chi connectivity index (χ1) is 9.28. The van der Waals surface area contributed by atoms with E-state index >= 15 is 0 Å². The summed E-state index contributed by atoms with van der Waals surface area (Å²) in [4.78, 5) is 2.59. The highest BCUT2D eigenvalue weighted by atomic mass is 35.5. The number of ether oxygens (including phenoxy) is 1. The lowest BCUT2D eigenvalue weighted by atomic mass is 9.91. The third kappa shape index (κ3) is 2.73. The van der Waals surface area contributed by atoms with Gasteiger partial charge in [-0.2, -0.15) is 0 Å². The van der Waals surface area contributed by atoms with Gasteiger partial charge in [0, 0.05) is 29.7 Å². The molecule has 19 heavy (non-hydrogen) atoms. The number of rotatable bonds is 3. The number of hydrogen-bond acceptors (Lipinski definition) is 3. The summed E-state index contributed by atoms with van der Waals surface area (Å²) in [5.41, 5.74) is 1.20.